The number of likely N-dealkylation sites (tertiary alicyclic amines) is 1. The lowest BCUT2D eigenvalue weighted by molar-refractivity contribution is -0.140. The van der Waals surface area contributed by atoms with Gasteiger partial charge in [0, 0.05) is 43.5 Å². The second-order valence-corrected chi connectivity index (χ2v) is 9.00. The average Bonchev–Trinajstić information content (AvgIpc) is 2.96. The predicted molar refractivity (Wildman–Crippen MR) is 152 cm³/mol. The van der Waals surface area contributed by atoms with Crippen LogP contribution in [-0.4, -0.2) is 68.0 Å². The van der Waals surface area contributed by atoms with E-state index in [0.717, 1.165) is 46.7 Å². The topological polar surface area (TPSA) is 106 Å². The highest BCUT2D eigenvalue weighted by atomic mass is 32.2. The number of rotatable bonds is 8. The predicted octanol–water partition coefficient (Wildman–Crippen LogP) is 4.77. The van der Waals surface area contributed by atoms with E-state index >= 15 is 0 Å². The molecule has 198 valence electrons. The molecule has 2 N–H and O–H groups in total. The Balaban J connectivity index is 0.000000203. The van der Waals surface area contributed by atoms with Crippen LogP contribution in [0, 0.1) is 0 Å². The number of carbonyl (C=O) groups excluding carboxylic acids is 2. The number of pyridine rings is 2. The second kappa shape index (κ2) is 15.2. The first-order valence-electron chi connectivity index (χ1n) is 11.8. The number of aldehydes is 1. The monoisotopic (exact) mass is 533 g/mol. The van der Waals surface area contributed by atoms with Crippen LogP contribution in [0.25, 0.3) is 10.9 Å². The molecule has 0 spiro atoms. The third-order valence-corrected chi connectivity index (χ3v) is 6.30. The Hall–Kier alpha value is -4.15. The van der Waals surface area contributed by atoms with E-state index in [-0.39, 0.29) is 6.10 Å². The Bertz CT molecular complexity index is 1300. The molecule has 0 radical (unpaired) electrons. The molecule has 3 heterocycles. The van der Waals surface area contributed by atoms with Crippen molar-refractivity contribution >= 4 is 47.1 Å². The van der Waals surface area contributed by atoms with Crippen LogP contribution >= 0.6 is 11.9 Å². The van der Waals surface area contributed by atoms with Gasteiger partial charge < -0.3 is 19.5 Å². The minimum absolute atomic E-state index is 0.164. The van der Waals surface area contributed by atoms with E-state index in [2.05, 4.69) is 29.6 Å². The van der Waals surface area contributed by atoms with Crippen molar-refractivity contribution in [3.05, 3.63) is 84.7 Å². The van der Waals surface area contributed by atoms with Gasteiger partial charge in [-0.2, -0.15) is 0 Å². The molecule has 1 aliphatic heterocycles. The summed E-state index contributed by atoms with van der Waals surface area (Å²) in [5.74, 6) is 1.54. The van der Waals surface area contributed by atoms with Gasteiger partial charge in [0.05, 0.1) is 23.2 Å². The Kier molecular flexibility index (Phi) is 11.4. The molecule has 10 heteroatoms. The Morgan fingerprint density at radius 3 is 2.42 bits per heavy atom. The number of aromatic nitrogens is 2. The quantitative estimate of drug-likeness (QED) is 0.243. The fourth-order valence-electron chi connectivity index (χ4n) is 3.45. The summed E-state index contributed by atoms with van der Waals surface area (Å²) in [6, 6.07) is 21.0. The number of carbonyl (C=O) groups is 2. The Labute approximate surface area is 226 Å². The number of para-hydroxylation sites is 1. The lowest BCUT2D eigenvalue weighted by Gasteiger charge is -2.33. The molecule has 0 amide bonds. The maximum Gasteiger partial charge on any atom is 0.293 e. The standard InChI is InChI=1S/C17H14N2O2S.C6H8N2.C5H9NO2/c1-21-15-10-12(11-20)7-8-14(15)19-22-16-6-2-4-13-5-3-9-18-17(13)16;1-7-6-4-2-3-5-8-6;1-6-2-5(3-6)8-4-7/h2-11,19H,1H3;2-5H,1H3,(H,7,8);4-5H,2-3H2,1H3. The molecule has 38 heavy (non-hydrogen) atoms. The van der Waals surface area contributed by atoms with Gasteiger partial charge in [-0.3, -0.25) is 19.5 Å². The maximum atomic E-state index is 10.8. The van der Waals surface area contributed by atoms with Gasteiger partial charge in [-0.1, -0.05) is 24.3 Å². The summed E-state index contributed by atoms with van der Waals surface area (Å²) in [6.45, 7) is 2.29. The van der Waals surface area contributed by atoms with Crippen LogP contribution in [0.4, 0.5) is 11.5 Å². The maximum absolute atomic E-state index is 10.8. The third kappa shape index (κ3) is 8.46. The number of anilines is 2. The van der Waals surface area contributed by atoms with Gasteiger partial charge in [0.2, 0.25) is 0 Å². The molecular weight excluding hydrogens is 502 g/mol. The summed E-state index contributed by atoms with van der Waals surface area (Å²) in [5.41, 5.74) is 2.34. The van der Waals surface area contributed by atoms with E-state index in [0.29, 0.717) is 17.8 Å². The van der Waals surface area contributed by atoms with E-state index in [1.807, 2.05) is 68.7 Å². The van der Waals surface area contributed by atoms with Gasteiger partial charge in [0.25, 0.3) is 6.47 Å². The number of nitrogens with zero attached hydrogens (tertiary/aromatic N) is 3. The smallest absolute Gasteiger partial charge is 0.293 e. The highest BCUT2D eigenvalue weighted by Gasteiger charge is 2.23. The van der Waals surface area contributed by atoms with Crippen molar-refractivity contribution < 1.29 is 19.1 Å². The molecule has 2 aromatic heterocycles. The fourth-order valence-corrected chi connectivity index (χ4v) is 4.25. The zero-order chi connectivity index (χ0) is 27.2. The summed E-state index contributed by atoms with van der Waals surface area (Å²) in [6.07, 6.45) is 4.50. The summed E-state index contributed by atoms with van der Waals surface area (Å²) >= 11 is 1.47. The van der Waals surface area contributed by atoms with Crippen LogP contribution in [0.5, 0.6) is 5.75 Å². The number of ether oxygens (including phenoxy) is 2. The van der Waals surface area contributed by atoms with E-state index in [1.54, 1.807) is 31.6 Å². The van der Waals surface area contributed by atoms with E-state index in [1.165, 1.54) is 11.9 Å². The van der Waals surface area contributed by atoms with Crippen molar-refractivity contribution in [3.63, 3.8) is 0 Å². The van der Waals surface area contributed by atoms with Crippen molar-refractivity contribution in [1.82, 2.24) is 14.9 Å². The number of fused-ring (bicyclic) bond motifs is 1. The van der Waals surface area contributed by atoms with Gasteiger partial charge >= 0.3 is 0 Å². The highest BCUT2D eigenvalue weighted by Crippen LogP contribution is 2.32. The van der Waals surface area contributed by atoms with Crippen molar-refractivity contribution in [2.45, 2.75) is 11.0 Å². The first-order valence-corrected chi connectivity index (χ1v) is 12.7. The molecule has 0 bridgehead atoms. The Morgan fingerprint density at radius 2 is 1.79 bits per heavy atom. The second-order valence-electron chi connectivity index (χ2n) is 8.15. The van der Waals surface area contributed by atoms with E-state index in [4.69, 9.17) is 4.74 Å². The zero-order valence-electron chi connectivity index (χ0n) is 21.5. The number of hydrogen-bond donors (Lipinski definition) is 2. The lowest BCUT2D eigenvalue weighted by Crippen LogP contribution is -2.49. The molecule has 1 saturated heterocycles. The molecule has 5 rings (SSSR count). The normalized spacial score (nSPS) is 12.5. The third-order valence-electron chi connectivity index (χ3n) is 5.43. The largest absolute Gasteiger partial charge is 0.495 e. The molecule has 0 unspecified atom stereocenters. The van der Waals surface area contributed by atoms with E-state index < -0.39 is 0 Å². The average molecular weight is 534 g/mol. The van der Waals surface area contributed by atoms with Gasteiger partial charge in [-0.05, 0) is 61.5 Å². The van der Waals surface area contributed by atoms with Crippen molar-refractivity contribution in [2.24, 2.45) is 0 Å². The van der Waals surface area contributed by atoms with Crippen molar-refractivity contribution in [1.29, 1.82) is 0 Å². The van der Waals surface area contributed by atoms with Crippen LogP contribution in [-0.2, 0) is 9.53 Å². The van der Waals surface area contributed by atoms with Crippen LogP contribution in [0.3, 0.4) is 0 Å². The highest BCUT2D eigenvalue weighted by molar-refractivity contribution is 8.00. The molecule has 0 atom stereocenters. The first-order chi connectivity index (χ1) is 18.6. The van der Waals surface area contributed by atoms with Gasteiger partial charge in [0.15, 0.2) is 0 Å². The number of hydrogen-bond acceptors (Lipinski definition) is 10. The van der Waals surface area contributed by atoms with Crippen LogP contribution < -0.4 is 14.8 Å². The fraction of sp³-hybridized carbons (Fsp3) is 0.214. The molecule has 0 saturated carbocycles. The summed E-state index contributed by atoms with van der Waals surface area (Å²) in [5, 5.41) is 4.01. The molecular formula is C28H31N5O4S. The van der Waals surface area contributed by atoms with Crippen LogP contribution in [0.2, 0.25) is 0 Å². The zero-order valence-corrected chi connectivity index (χ0v) is 22.4. The molecule has 4 aromatic rings. The SMILES string of the molecule is CN1CC(OC=O)C1.CNc1ccccn1.COc1cc(C=O)ccc1NSc1cccc2cccnc12. The number of benzene rings is 2. The van der Waals surface area contributed by atoms with Crippen molar-refractivity contribution in [3.8, 4) is 5.75 Å². The summed E-state index contributed by atoms with van der Waals surface area (Å²) < 4.78 is 13.2. The van der Waals surface area contributed by atoms with E-state index in [9.17, 15) is 9.59 Å². The molecule has 2 aromatic carbocycles. The minimum Gasteiger partial charge on any atom is -0.495 e. The van der Waals surface area contributed by atoms with Gasteiger partial charge in [-0.15, -0.1) is 0 Å². The van der Waals surface area contributed by atoms with Gasteiger partial charge in [-0.25, -0.2) is 4.98 Å². The number of likely N-dealkylation sites (N-methyl/N-ethyl adjacent to an activating group) is 1. The van der Waals surface area contributed by atoms with Crippen LogP contribution in [0.1, 0.15) is 10.4 Å². The Morgan fingerprint density at radius 1 is 1.00 bits per heavy atom. The van der Waals surface area contributed by atoms with Crippen molar-refractivity contribution in [2.75, 3.05) is 44.3 Å². The number of methoxy groups -OCH3 is 1. The van der Waals surface area contributed by atoms with Gasteiger partial charge in [0.1, 0.15) is 24.0 Å². The molecule has 9 nitrogen and oxygen atoms in total. The first kappa shape index (κ1) is 28.4. The lowest BCUT2D eigenvalue weighted by atomic mass is 10.2. The molecule has 0 aliphatic carbocycles. The number of nitrogens with one attached hydrogen (secondary N) is 2. The minimum atomic E-state index is 0.164. The summed E-state index contributed by atoms with van der Waals surface area (Å²) in [4.78, 5) is 32.0. The summed E-state index contributed by atoms with van der Waals surface area (Å²) in [7, 11) is 5.42. The molecule has 1 fully saturated rings. The molecule has 1 aliphatic rings. The van der Waals surface area contributed by atoms with Crippen LogP contribution in [0.15, 0.2) is 84.0 Å².